The van der Waals surface area contributed by atoms with Crippen LogP contribution in [0.1, 0.15) is 6.23 Å². The van der Waals surface area contributed by atoms with E-state index in [9.17, 15) is 29.0 Å². The Labute approximate surface area is 150 Å². The molecule has 148 valence electrons. The van der Waals surface area contributed by atoms with Crippen molar-refractivity contribution in [3.63, 3.8) is 0 Å². The fraction of sp³-hybridized carbons (Fsp3) is 0.556. The Morgan fingerprint density at radius 2 is 1.92 bits per heavy atom. The van der Waals surface area contributed by atoms with Crippen LogP contribution in [-0.4, -0.2) is 59.4 Å². The minimum Gasteiger partial charge on any atom is -0.387 e. The molecule has 7 N–H and O–H groups in total. The quantitative estimate of drug-likeness (QED) is 0.189. The molecule has 0 saturated carbocycles. The van der Waals surface area contributed by atoms with Gasteiger partial charge in [0.2, 0.25) is 0 Å². The number of hydrogen-bond donors (Lipinski definition) is 7. The van der Waals surface area contributed by atoms with Gasteiger partial charge in [0.25, 0.3) is 0 Å². The maximum absolute atomic E-state index is 11.9. The number of nitrogens with two attached hydrogens (primary N) is 1. The van der Waals surface area contributed by atoms with E-state index in [0.717, 1.165) is 10.8 Å². The highest BCUT2D eigenvalue weighted by Crippen LogP contribution is 2.57. The normalized spacial score (nSPS) is 28.8. The maximum atomic E-state index is 11.9. The van der Waals surface area contributed by atoms with Crippen molar-refractivity contribution >= 4 is 34.1 Å². The Morgan fingerprint density at radius 1 is 1.31 bits per heavy atom. The van der Waals surface area contributed by atoms with Crippen molar-refractivity contribution in [1.29, 1.82) is 0 Å². The zero-order valence-electron chi connectivity index (χ0n) is 12.6. The minimum absolute atomic E-state index is 0.0875. The molecule has 2 rings (SSSR count). The predicted octanol–water partition coefficient (Wildman–Crippen LogP) is -2.04. The van der Waals surface area contributed by atoms with E-state index in [1.807, 2.05) is 0 Å². The molecule has 0 radical (unpaired) electrons. The van der Waals surface area contributed by atoms with Crippen LogP contribution in [0.15, 0.2) is 15.9 Å². The fourth-order valence-corrected chi connectivity index (χ4v) is 3.85. The number of ether oxygens (including phenoxy) is 1. The number of aliphatic hydroxyl groups is 2. The van der Waals surface area contributed by atoms with Gasteiger partial charge in [-0.2, -0.15) is 9.29 Å². The Kier molecular flexibility index (Phi) is 6.32. The van der Waals surface area contributed by atoms with E-state index < -0.39 is 52.5 Å². The summed E-state index contributed by atoms with van der Waals surface area (Å²) >= 11 is 3.97. The molecule has 14 nitrogen and oxygen atoms in total. The first kappa shape index (κ1) is 21.5. The van der Waals surface area contributed by atoms with E-state index in [0.29, 0.717) is 0 Å². The van der Waals surface area contributed by atoms with Crippen LogP contribution in [0.5, 0.6) is 0 Å². The summed E-state index contributed by atoms with van der Waals surface area (Å²) in [4.78, 5) is 41.6. The van der Waals surface area contributed by atoms with Crippen LogP contribution in [-0.2, 0) is 22.7 Å². The Bertz CT molecular complexity index is 828. The second kappa shape index (κ2) is 7.66. The summed E-state index contributed by atoms with van der Waals surface area (Å²) in [6.07, 6.45) is -5.14. The molecule has 2 heterocycles. The molecule has 1 fully saturated rings. The van der Waals surface area contributed by atoms with Gasteiger partial charge >= 0.3 is 21.3 Å². The van der Waals surface area contributed by atoms with Crippen LogP contribution >= 0.6 is 28.3 Å². The Morgan fingerprint density at radius 3 is 2.50 bits per heavy atom. The van der Waals surface area contributed by atoms with Gasteiger partial charge in [-0.15, -0.1) is 12.6 Å². The third-order valence-corrected chi connectivity index (χ3v) is 5.68. The molecule has 0 bridgehead atoms. The van der Waals surface area contributed by atoms with Crippen molar-refractivity contribution in [2.75, 3.05) is 12.3 Å². The number of nitrogens with zero attached hydrogens (tertiary/aromatic N) is 2. The lowest BCUT2D eigenvalue weighted by Crippen LogP contribution is -2.36. The van der Waals surface area contributed by atoms with E-state index in [1.54, 1.807) is 0 Å². The molecule has 5 atom stereocenters. The zero-order valence-corrected chi connectivity index (χ0v) is 15.3. The topological polar surface area (TPSA) is 224 Å². The van der Waals surface area contributed by atoms with Crippen LogP contribution in [0.4, 0.5) is 5.82 Å². The lowest BCUT2D eigenvalue weighted by atomic mass is 10.1. The molecule has 1 aromatic rings. The molecule has 0 aromatic carbocycles. The molecular formula is C9H15N3O11P2S. The van der Waals surface area contributed by atoms with Crippen molar-refractivity contribution in [2.45, 2.75) is 29.4 Å². The summed E-state index contributed by atoms with van der Waals surface area (Å²) in [6.45, 7) is -0.895. The molecular weight excluding hydrogens is 420 g/mol. The van der Waals surface area contributed by atoms with E-state index in [-0.39, 0.29) is 10.7 Å². The standard InChI is InChI=1S/C9H15N3O11P2S/c10-7-4(26)1-12(9(15)11-7)8-6(14)5(13)3(22-8)2-21-25(19,20)23-24(16,17)18/h1,3,5-6,8,13-14,26H,2H2,(H,19,20)(H2,10,11,15)(H2,16,17,18)/t3-,5-,6-,8-/m1/s1. The van der Waals surface area contributed by atoms with Gasteiger partial charge < -0.3 is 35.4 Å². The summed E-state index contributed by atoms with van der Waals surface area (Å²) in [6, 6.07) is 0. The molecule has 1 aliphatic heterocycles. The van der Waals surface area contributed by atoms with Gasteiger partial charge in [0, 0.05) is 6.20 Å². The molecule has 1 aromatic heterocycles. The SMILES string of the molecule is Nc1nc(=O)n([C@@H]2O[C@H](COP(=O)(O)OP(=O)(O)O)[C@@H](O)[C@H]2O)cc1S. The van der Waals surface area contributed by atoms with Crippen molar-refractivity contribution < 1.29 is 47.6 Å². The maximum Gasteiger partial charge on any atom is 0.481 e. The third-order valence-electron chi connectivity index (χ3n) is 3.18. The third kappa shape index (κ3) is 5.12. The van der Waals surface area contributed by atoms with Crippen LogP contribution in [0, 0.1) is 0 Å². The lowest BCUT2D eigenvalue weighted by molar-refractivity contribution is -0.0544. The van der Waals surface area contributed by atoms with Gasteiger partial charge in [0.05, 0.1) is 11.5 Å². The predicted molar refractivity (Wildman–Crippen MR) is 85.0 cm³/mol. The number of thiol groups is 1. The summed E-state index contributed by atoms with van der Waals surface area (Å²) < 4.78 is 35.9. The van der Waals surface area contributed by atoms with E-state index in [2.05, 4.69) is 26.4 Å². The first-order valence-electron chi connectivity index (χ1n) is 6.64. The number of rotatable bonds is 6. The minimum atomic E-state index is -5.32. The highest BCUT2D eigenvalue weighted by atomic mass is 32.1. The van der Waals surface area contributed by atoms with Crippen LogP contribution < -0.4 is 11.4 Å². The van der Waals surface area contributed by atoms with Crippen molar-refractivity contribution in [1.82, 2.24) is 9.55 Å². The monoisotopic (exact) mass is 435 g/mol. The zero-order chi connectivity index (χ0) is 19.9. The van der Waals surface area contributed by atoms with Crippen molar-refractivity contribution in [3.8, 4) is 0 Å². The van der Waals surface area contributed by atoms with Gasteiger partial charge in [0.15, 0.2) is 6.23 Å². The highest BCUT2D eigenvalue weighted by Gasteiger charge is 2.45. The van der Waals surface area contributed by atoms with Crippen LogP contribution in [0.3, 0.4) is 0 Å². The number of phosphoric ester groups is 1. The number of phosphoric acid groups is 2. The number of aromatic nitrogens is 2. The number of nitrogen functional groups attached to an aromatic ring is 1. The summed E-state index contributed by atoms with van der Waals surface area (Å²) in [5.41, 5.74) is 4.49. The van der Waals surface area contributed by atoms with Crippen LogP contribution in [0.2, 0.25) is 0 Å². The average molecular weight is 435 g/mol. The second-order valence-electron chi connectivity index (χ2n) is 5.08. The van der Waals surface area contributed by atoms with E-state index >= 15 is 0 Å². The molecule has 26 heavy (non-hydrogen) atoms. The first-order chi connectivity index (χ1) is 11.8. The molecule has 0 aliphatic carbocycles. The van der Waals surface area contributed by atoms with E-state index in [4.69, 9.17) is 20.3 Å². The molecule has 1 saturated heterocycles. The second-order valence-corrected chi connectivity index (χ2v) is 8.40. The number of hydrogen-bond acceptors (Lipinski definition) is 11. The molecule has 17 heteroatoms. The smallest absolute Gasteiger partial charge is 0.387 e. The van der Waals surface area contributed by atoms with Gasteiger partial charge in [-0.1, -0.05) is 0 Å². The molecule has 1 unspecified atom stereocenters. The molecule has 0 amide bonds. The summed E-state index contributed by atoms with van der Waals surface area (Å²) in [5.74, 6) is -0.168. The number of aliphatic hydroxyl groups excluding tert-OH is 2. The summed E-state index contributed by atoms with van der Waals surface area (Å²) in [7, 11) is -10.5. The Balaban J connectivity index is 2.13. The van der Waals surface area contributed by atoms with Crippen molar-refractivity contribution in [2.24, 2.45) is 0 Å². The lowest BCUT2D eigenvalue weighted by Gasteiger charge is -2.18. The van der Waals surface area contributed by atoms with Gasteiger partial charge in [-0.3, -0.25) is 9.09 Å². The number of anilines is 1. The fourth-order valence-electron chi connectivity index (χ4n) is 2.08. The van der Waals surface area contributed by atoms with Crippen LogP contribution in [0.25, 0.3) is 0 Å². The largest absolute Gasteiger partial charge is 0.481 e. The van der Waals surface area contributed by atoms with Crippen molar-refractivity contribution in [3.05, 3.63) is 16.7 Å². The summed E-state index contributed by atoms with van der Waals surface area (Å²) in [5, 5.41) is 20.0. The molecule has 1 aliphatic rings. The van der Waals surface area contributed by atoms with Gasteiger partial charge in [0.1, 0.15) is 24.1 Å². The highest BCUT2D eigenvalue weighted by molar-refractivity contribution is 7.80. The molecule has 0 spiro atoms. The van der Waals surface area contributed by atoms with Gasteiger partial charge in [-0.05, 0) is 0 Å². The Hall–Kier alpha value is -0.830. The van der Waals surface area contributed by atoms with Gasteiger partial charge in [-0.25, -0.2) is 13.9 Å². The first-order valence-corrected chi connectivity index (χ1v) is 10.1. The van der Waals surface area contributed by atoms with E-state index in [1.165, 1.54) is 0 Å². The average Bonchev–Trinajstić information content (AvgIpc) is 2.75.